The Labute approximate surface area is 187 Å². The van der Waals surface area contributed by atoms with Gasteiger partial charge in [0.25, 0.3) is 11.5 Å². The van der Waals surface area contributed by atoms with E-state index in [0.29, 0.717) is 30.4 Å². The lowest BCUT2D eigenvalue weighted by molar-refractivity contribution is -0.132. The number of H-pyrrole nitrogens is 1. The first-order valence-electron chi connectivity index (χ1n) is 10.8. The Bertz CT molecular complexity index is 1130. The highest BCUT2D eigenvalue weighted by molar-refractivity contribution is 5.78. The van der Waals surface area contributed by atoms with Gasteiger partial charge in [-0.25, -0.2) is 4.98 Å². The van der Waals surface area contributed by atoms with Crippen molar-refractivity contribution in [3.63, 3.8) is 0 Å². The summed E-state index contributed by atoms with van der Waals surface area (Å²) in [6.07, 6.45) is 4.08. The summed E-state index contributed by atoms with van der Waals surface area (Å²) in [5, 5.41) is 0. The van der Waals surface area contributed by atoms with E-state index in [1.54, 1.807) is 29.4 Å². The number of aromatic nitrogens is 3. The zero-order valence-electron chi connectivity index (χ0n) is 18.7. The highest BCUT2D eigenvalue weighted by atomic mass is 16.5. The van der Waals surface area contributed by atoms with Gasteiger partial charge in [-0.05, 0) is 41.7 Å². The molecular weight excluding hydrogens is 404 g/mol. The Kier molecular flexibility index (Phi) is 6.08. The molecule has 0 unspecified atom stereocenters. The molecule has 1 fully saturated rings. The molecule has 2 aromatic heterocycles. The summed E-state index contributed by atoms with van der Waals surface area (Å²) in [4.78, 5) is 38.1. The third kappa shape index (κ3) is 5.04. The quantitative estimate of drug-likeness (QED) is 0.666. The van der Waals surface area contributed by atoms with Crippen molar-refractivity contribution in [1.29, 1.82) is 0 Å². The number of amides is 1. The molecule has 1 N–H and O–H groups in total. The van der Waals surface area contributed by atoms with Crippen LogP contribution >= 0.6 is 0 Å². The molecule has 7 nitrogen and oxygen atoms in total. The Balaban J connectivity index is 1.38. The maximum atomic E-state index is 12.7. The van der Waals surface area contributed by atoms with Gasteiger partial charge in [-0.1, -0.05) is 32.9 Å². The summed E-state index contributed by atoms with van der Waals surface area (Å²) in [5.74, 6) is 1.15. The fraction of sp³-hybridized carbons (Fsp3) is 0.360. The minimum Gasteiger partial charge on any atom is -0.484 e. The number of benzene rings is 1. The minimum atomic E-state index is -0.200. The van der Waals surface area contributed by atoms with Crippen LogP contribution in [-0.2, 0) is 10.2 Å². The lowest BCUT2D eigenvalue weighted by Crippen LogP contribution is -2.33. The lowest BCUT2D eigenvalue weighted by atomic mass is 9.87. The average molecular weight is 433 g/mol. The van der Waals surface area contributed by atoms with Gasteiger partial charge >= 0.3 is 0 Å². The number of carbonyl (C=O) groups is 1. The van der Waals surface area contributed by atoms with Crippen LogP contribution in [0.25, 0.3) is 11.4 Å². The van der Waals surface area contributed by atoms with Gasteiger partial charge in [0.1, 0.15) is 11.6 Å². The van der Waals surface area contributed by atoms with Crippen molar-refractivity contribution in [2.45, 2.75) is 38.5 Å². The van der Waals surface area contributed by atoms with Crippen molar-refractivity contribution in [3.8, 4) is 17.1 Å². The first kappa shape index (κ1) is 21.7. The van der Waals surface area contributed by atoms with E-state index in [2.05, 4.69) is 35.7 Å². The van der Waals surface area contributed by atoms with E-state index in [4.69, 9.17) is 4.74 Å². The topological polar surface area (TPSA) is 88.2 Å². The maximum Gasteiger partial charge on any atom is 0.260 e. The van der Waals surface area contributed by atoms with Crippen molar-refractivity contribution in [2.24, 2.45) is 0 Å². The normalized spacial score (nSPS) is 16.2. The molecular formula is C25H28N4O3. The van der Waals surface area contributed by atoms with Crippen LogP contribution in [-0.4, -0.2) is 45.5 Å². The number of nitrogens with one attached hydrogen (secondary N) is 1. The van der Waals surface area contributed by atoms with E-state index in [1.165, 1.54) is 11.6 Å². The SMILES string of the molecule is CC(C)(C)c1ccc(OCC(=O)N2CC[C@@H](c3cc(=O)[nH]c(-c4ccncc4)n3)C2)cc1. The molecule has 4 rings (SSSR count). The highest BCUT2D eigenvalue weighted by Crippen LogP contribution is 2.27. The summed E-state index contributed by atoms with van der Waals surface area (Å²) in [5.41, 5.74) is 2.59. The summed E-state index contributed by atoms with van der Waals surface area (Å²) in [6, 6.07) is 13.0. The molecule has 1 aliphatic rings. The van der Waals surface area contributed by atoms with Crippen LogP contribution in [0.4, 0.5) is 0 Å². The molecule has 1 aliphatic heterocycles. The second-order valence-electron chi connectivity index (χ2n) is 9.14. The fourth-order valence-corrected chi connectivity index (χ4v) is 3.85. The van der Waals surface area contributed by atoms with Gasteiger partial charge in [-0.2, -0.15) is 0 Å². The van der Waals surface area contributed by atoms with Crippen LogP contribution in [0.15, 0.2) is 59.7 Å². The van der Waals surface area contributed by atoms with Gasteiger partial charge in [0, 0.05) is 43.0 Å². The smallest absolute Gasteiger partial charge is 0.260 e. The van der Waals surface area contributed by atoms with Crippen LogP contribution in [0.2, 0.25) is 0 Å². The van der Waals surface area contributed by atoms with Gasteiger partial charge in [0.2, 0.25) is 0 Å². The van der Waals surface area contributed by atoms with E-state index < -0.39 is 0 Å². The Morgan fingerprint density at radius 2 is 1.88 bits per heavy atom. The molecule has 0 saturated carbocycles. The molecule has 32 heavy (non-hydrogen) atoms. The van der Waals surface area contributed by atoms with E-state index in [1.807, 2.05) is 24.3 Å². The number of pyridine rings is 1. The van der Waals surface area contributed by atoms with Crippen LogP contribution in [0.5, 0.6) is 5.75 Å². The monoisotopic (exact) mass is 432 g/mol. The summed E-state index contributed by atoms with van der Waals surface area (Å²) >= 11 is 0. The Hall–Kier alpha value is -3.48. The summed E-state index contributed by atoms with van der Waals surface area (Å²) < 4.78 is 5.72. The first-order valence-corrected chi connectivity index (χ1v) is 10.8. The lowest BCUT2D eigenvalue weighted by Gasteiger charge is -2.20. The van der Waals surface area contributed by atoms with Crippen molar-refractivity contribution in [2.75, 3.05) is 19.7 Å². The number of ether oxygens (including phenoxy) is 1. The largest absolute Gasteiger partial charge is 0.484 e. The fourth-order valence-electron chi connectivity index (χ4n) is 3.85. The molecule has 0 aliphatic carbocycles. The number of hydrogen-bond acceptors (Lipinski definition) is 5. The molecule has 1 amide bonds. The third-order valence-electron chi connectivity index (χ3n) is 5.76. The average Bonchev–Trinajstić information content (AvgIpc) is 3.28. The molecule has 7 heteroatoms. The van der Waals surface area contributed by atoms with Gasteiger partial charge in [-0.3, -0.25) is 14.6 Å². The van der Waals surface area contributed by atoms with Crippen LogP contribution < -0.4 is 10.3 Å². The zero-order chi connectivity index (χ0) is 22.7. The maximum absolute atomic E-state index is 12.7. The summed E-state index contributed by atoms with van der Waals surface area (Å²) in [6.45, 7) is 7.61. The van der Waals surface area contributed by atoms with Crippen molar-refractivity contribution in [1.82, 2.24) is 19.9 Å². The van der Waals surface area contributed by atoms with Crippen molar-refractivity contribution in [3.05, 3.63) is 76.5 Å². The molecule has 1 saturated heterocycles. The van der Waals surface area contributed by atoms with Gasteiger partial charge < -0.3 is 14.6 Å². The van der Waals surface area contributed by atoms with Crippen molar-refractivity contribution < 1.29 is 9.53 Å². The van der Waals surface area contributed by atoms with Gasteiger partial charge in [0.15, 0.2) is 6.61 Å². The first-order chi connectivity index (χ1) is 15.3. The second kappa shape index (κ2) is 8.94. The summed E-state index contributed by atoms with van der Waals surface area (Å²) in [7, 11) is 0. The van der Waals surface area contributed by atoms with E-state index >= 15 is 0 Å². The van der Waals surface area contributed by atoms with E-state index in [-0.39, 0.29) is 29.4 Å². The van der Waals surface area contributed by atoms with Gasteiger partial charge in [-0.15, -0.1) is 0 Å². The number of likely N-dealkylation sites (tertiary alicyclic amines) is 1. The molecule has 3 heterocycles. The van der Waals surface area contributed by atoms with Crippen LogP contribution in [0.3, 0.4) is 0 Å². The number of rotatable bonds is 5. The predicted molar refractivity (Wildman–Crippen MR) is 123 cm³/mol. The number of hydrogen-bond donors (Lipinski definition) is 1. The molecule has 1 aromatic carbocycles. The number of nitrogens with zero attached hydrogens (tertiary/aromatic N) is 3. The molecule has 0 radical (unpaired) electrons. The number of aromatic amines is 1. The van der Waals surface area contributed by atoms with E-state index in [0.717, 1.165) is 12.0 Å². The molecule has 0 bridgehead atoms. The Morgan fingerprint density at radius 1 is 1.16 bits per heavy atom. The second-order valence-corrected chi connectivity index (χ2v) is 9.14. The van der Waals surface area contributed by atoms with E-state index in [9.17, 15) is 9.59 Å². The minimum absolute atomic E-state index is 0.00729. The highest BCUT2D eigenvalue weighted by Gasteiger charge is 2.29. The third-order valence-corrected chi connectivity index (χ3v) is 5.76. The Morgan fingerprint density at radius 3 is 2.56 bits per heavy atom. The van der Waals surface area contributed by atoms with Crippen LogP contribution in [0.1, 0.15) is 44.4 Å². The molecule has 166 valence electrons. The number of carbonyl (C=O) groups excluding carboxylic acids is 1. The standard InChI is InChI=1S/C25H28N4O3/c1-25(2,3)19-4-6-20(7-5-19)32-16-23(31)29-13-10-18(15-29)21-14-22(30)28-24(27-21)17-8-11-26-12-9-17/h4-9,11-12,14,18H,10,13,15-16H2,1-3H3,(H,27,28,30)/t18-/m1/s1. The zero-order valence-corrected chi connectivity index (χ0v) is 18.7. The van der Waals surface area contributed by atoms with Crippen LogP contribution in [0, 0.1) is 0 Å². The molecule has 1 atom stereocenters. The van der Waals surface area contributed by atoms with Gasteiger partial charge in [0.05, 0.1) is 5.69 Å². The predicted octanol–water partition coefficient (Wildman–Crippen LogP) is 3.52. The van der Waals surface area contributed by atoms with Crippen molar-refractivity contribution >= 4 is 5.91 Å². The molecule has 3 aromatic rings. The molecule has 0 spiro atoms.